The Labute approximate surface area is 209 Å². The lowest BCUT2D eigenvalue weighted by Gasteiger charge is -2.56. The highest BCUT2D eigenvalue weighted by molar-refractivity contribution is 5.76. The Kier molecular flexibility index (Phi) is 5.47. The third-order valence-electron chi connectivity index (χ3n) is 11.5. The average Bonchev–Trinajstić information content (AvgIpc) is 2.91. The highest BCUT2D eigenvalue weighted by Gasteiger charge is 2.56. The van der Waals surface area contributed by atoms with Gasteiger partial charge < -0.3 is 10.0 Å². The number of allylic oxidation sites excluding steroid dienone is 2. The van der Waals surface area contributed by atoms with E-state index in [1.807, 2.05) is 6.33 Å². The van der Waals surface area contributed by atoms with Crippen molar-refractivity contribution in [2.24, 2.45) is 40.9 Å². The van der Waals surface area contributed by atoms with Crippen molar-refractivity contribution in [1.29, 1.82) is 0 Å². The van der Waals surface area contributed by atoms with Crippen molar-refractivity contribution in [2.45, 2.75) is 89.9 Å². The van der Waals surface area contributed by atoms with E-state index in [2.05, 4.69) is 11.0 Å². The number of rotatable bonds is 2. The molecule has 6 aliphatic rings. The SMILES string of the molecule is O=C(O)C12CCCCC1C1=CCC3C4Cc5c(ncnc5N5CCCCC5)CC4CCC3C1CC2. The van der Waals surface area contributed by atoms with Gasteiger partial charge in [-0.25, -0.2) is 9.97 Å². The third kappa shape index (κ3) is 3.43. The van der Waals surface area contributed by atoms with Crippen LogP contribution in [0.15, 0.2) is 18.0 Å². The van der Waals surface area contributed by atoms with E-state index in [9.17, 15) is 9.90 Å². The molecule has 35 heavy (non-hydrogen) atoms. The molecule has 5 nitrogen and oxygen atoms in total. The second-order valence-corrected chi connectivity index (χ2v) is 12.8. The van der Waals surface area contributed by atoms with Crippen LogP contribution < -0.4 is 4.90 Å². The Morgan fingerprint density at radius 3 is 2.66 bits per heavy atom. The predicted octanol–water partition coefficient (Wildman–Crippen LogP) is 5.83. The molecule has 1 aliphatic heterocycles. The van der Waals surface area contributed by atoms with Crippen molar-refractivity contribution >= 4 is 11.8 Å². The van der Waals surface area contributed by atoms with Gasteiger partial charge >= 0.3 is 5.97 Å². The van der Waals surface area contributed by atoms with Crippen molar-refractivity contribution in [2.75, 3.05) is 18.0 Å². The quantitative estimate of drug-likeness (QED) is 0.546. The largest absolute Gasteiger partial charge is 0.481 e. The van der Waals surface area contributed by atoms with Crippen LogP contribution in [0.4, 0.5) is 5.82 Å². The van der Waals surface area contributed by atoms with Crippen LogP contribution in [0, 0.1) is 40.9 Å². The lowest BCUT2D eigenvalue weighted by molar-refractivity contribution is -0.157. The first-order valence-electron chi connectivity index (χ1n) is 14.7. The van der Waals surface area contributed by atoms with Crippen molar-refractivity contribution in [3.8, 4) is 0 Å². The van der Waals surface area contributed by atoms with Gasteiger partial charge in [-0.15, -0.1) is 0 Å². The van der Waals surface area contributed by atoms with Crippen LogP contribution >= 0.6 is 0 Å². The summed E-state index contributed by atoms with van der Waals surface area (Å²) < 4.78 is 0. The summed E-state index contributed by atoms with van der Waals surface area (Å²) >= 11 is 0. The van der Waals surface area contributed by atoms with Gasteiger partial charge in [-0.3, -0.25) is 4.79 Å². The van der Waals surface area contributed by atoms with Crippen molar-refractivity contribution in [1.82, 2.24) is 9.97 Å². The number of aliphatic carboxylic acids is 1. The highest BCUT2D eigenvalue weighted by Crippen LogP contribution is 2.61. The molecule has 0 bridgehead atoms. The molecule has 7 rings (SSSR count). The first-order valence-corrected chi connectivity index (χ1v) is 14.7. The summed E-state index contributed by atoms with van der Waals surface area (Å²) in [5.41, 5.74) is 3.91. The molecule has 1 N–H and O–H groups in total. The molecular weight excluding hydrogens is 434 g/mol. The molecule has 3 saturated carbocycles. The van der Waals surface area contributed by atoms with Gasteiger partial charge in [0.05, 0.1) is 5.41 Å². The summed E-state index contributed by atoms with van der Waals surface area (Å²) in [5, 5.41) is 10.3. The third-order valence-corrected chi connectivity index (χ3v) is 11.5. The zero-order valence-electron chi connectivity index (χ0n) is 21.1. The number of aromatic nitrogens is 2. The molecule has 0 aromatic carbocycles. The first-order chi connectivity index (χ1) is 17.2. The molecule has 5 heteroatoms. The van der Waals surface area contributed by atoms with Gasteiger partial charge in [-0.1, -0.05) is 24.5 Å². The summed E-state index contributed by atoms with van der Waals surface area (Å²) in [7, 11) is 0. The second kappa shape index (κ2) is 8.59. The summed E-state index contributed by atoms with van der Waals surface area (Å²) in [4.78, 5) is 24.7. The topological polar surface area (TPSA) is 66.3 Å². The maximum Gasteiger partial charge on any atom is 0.310 e. The Bertz CT molecular complexity index is 1030. The van der Waals surface area contributed by atoms with Gasteiger partial charge in [0.25, 0.3) is 0 Å². The Morgan fingerprint density at radius 2 is 1.80 bits per heavy atom. The van der Waals surface area contributed by atoms with Gasteiger partial charge in [0.2, 0.25) is 0 Å². The molecule has 0 amide bonds. The van der Waals surface area contributed by atoms with Crippen molar-refractivity contribution < 1.29 is 9.90 Å². The molecule has 0 spiro atoms. The number of piperidine rings is 1. The van der Waals surface area contributed by atoms with Crippen LogP contribution in [-0.2, 0) is 17.6 Å². The number of nitrogens with zero attached hydrogens (tertiary/aromatic N) is 3. The monoisotopic (exact) mass is 475 g/mol. The fraction of sp³-hybridized carbons (Fsp3) is 0.767. The molecule has 4 fully saturated rings. The van der Waals surface area contributed by atoms with Gasteiger partial charge in [0, 0.05) is 24.3 Å². The molecule has 5 aliphatic carbocycles. The van der Waals surface area contributed by atoms with Crippen molar-refractivity contribution in [3.05, 3.63) is 29.2 Å². The lowest BCUT2D eigenvalue weighted by atomic mass is 9.48. The van der Waals surface area contributed by atoms with E-state index in [1.54, 1.807) is 5.57 Å². The van der Waals surface area contributed by atoms with Gasteiger partial charge in [0.15, 0.2) is 0 Å². The van der Waals surface area contributed by atoms with Crippen molar-refractivity contribution in [3.63, 3.8) is 0 Å². The summed E-state index contributed by atoms with van der Waals surface area (Å²) in [6, 6.07) is 0. The summed E-state index contributed by atoms with van der Waals surface area (Å²) in [6.45, 7) is 2.29. The van der Waals surface area contributed by atoms with E-state index in [0.717, 1.165) is 81.7 Å². The number of carboxylic acid groups (broad SMARTS) is 1. The number of anilines is 1. The molecule has 2 heterocycles. The number of hydrogen-bond acceptors (Lipinski definition) is 4. The molecule has 1 aromatic heterocycles. The number of fused-ring (bicyclic) bond motifs is 8. The zero-order valence-corrected chi connectivity index (χ0v) is 21.1. The Balaban J connectivity index is 1.19. The van der Waals surface area contributed by atoms with E-state index in [0.29, 0.717) is 11.8 Å². The molecule has 1 aromatic rings. The first kappa shape index (κ1) is 22.3. The van der Waals surface area contributed by atoms with Gasteiger partial charge in [-0.2, -0.15) is 0 Å². The predicted molar refractivity (Wildman–Crippen MR) is 136 cm³/mol. The number of carboxylic acids is 1. The summed E-state index contributed by atoms with van der Waals surface area (Å²) in [6.07, 6.45) is 20.7. The Morgan fingerprint density at radius 1 is 0.914 bits per heavy atom. The maximum absolute atomic E-state index is 12.5. The lowest BCUT2D eigenvalue weighted by Crippen LogP contribution is -2.51. The van der Waals surface area contributed by atoms with E-state index >= 15 is 0 Å². The van der Waals surface area contributed by atoms with Gasteiger partial charge in [0.1, 0.15) is 12.1 Å². The van der Waals surface area contributed by atoms with Crippen LogP contribution in [0.5, 0.6) is 0 Å². The van der Waals surface area contributed by atoms with Crippen LogP contribution in [0.25, 0.3) is 0 Å². The van der Waals surface area contributed by atoms with Crippen LogP contribution in [0.1, 0.15) is 88.3 Å². The zero-order chi connectivity index (χ0) is 23.6. The molecule has 0 radical (unpaired) electrons. The fourth-order valence-corrected chi connectivity index (χ4v) is 9.86. The molecular formula is C30H41N3O2. The molecule has 1 saturated heterocycles. The second-order valence-electron chi connectivity index (χ2n) is 12.8. The Hall–Kier alpha value is -1.91. The normalized spacial score (nSPS) is 40.3. The summed E-state index contributed by atoms with van der Waals surface area (Å²) in [5.74, 6) is 4.69. The maximum atomic E-state index is 12.5. The number of carbonyl (C=O) groups is 1. The molecule has 7 unspecified atom stereocenters. The van der Waals surface area contributed by atoms with Crippen LogP contribution in [0.3, 0.4) is 0 Å². The van der Waals surface area contributed by atoms with Crippen LogP contribution in [-0.4, -0.2) is 34.1 Å². The fourth-order valence-electron chi connectivity index (χ4n) is 9.86. The minimum atomic E-state index is -0.512. The smallest absolute Gasteiger partial charge is 0.310 e. The van der Waals surface area contributed by atoms with E-state index in [-0.39, 0.29) is 0 Å². The standard InChI is InChI=1S/C30H41N3O2/c34-29(35)30-12-3-2-6-26(30)23-10-9-21-20(22(23)11-13-30)8-7-19-16-27-25(17-24(19)21)28(32-18-31-27)33-14-4-1-5-15-33/h10,18-22,24,26H,1-9,11-17H2,(H,34,35). The molecule has 188 valence electrons. The highest BCUT2D eigenvalue weighted by atomic mass is 16.4. The van der Waals surface area contributed by atoms with Crippen LogP contribution in [0.2, 0.25) is 0 Å². The number of hydrogen-bond donors (Lipinski definition) is 1. The average molecular weight is 476 g/mol. The minimum Gasteiger partial charge on any atom is -0.481 e. The van der Waals surface area contributed by atoms with E-state index in [4.69, 9.17) is 9.97 Å². The van der Waals surface area contributed by atoms with E-state index in [1.165, 1.54) is 62.0 Å². The minimum absolute atomic E-state index is 0.303. The van der Waals surface area contributed by atoms with E-state index < -0.39 is 11.4 Å². The van der Waals surface area contributed by atoms with Gasteiger partial charge in [-0.05, 0) is 113 Å². The molecule has 7 atom stereocenters.